The maximum Gasteiger partial charge on any atom is 0.416 e. The SMILES string of the molecule is FC(F)(F)c1cccc(Nc2cnnc(NCCc3c[nH]c4ccccc34)n2)c1. The number of hydrogen-bond donors (Lipinski definition) is 3. The lowest BCUT2D eigenvalue weighted by molar-refractivity contribution is -0.137. The first-order valence-electron chi connectivity index (χ1n) is 8.92. The smallest absolute Gasteiger partial charge is 0.361 e. The molecule has 0 bridgehead atoms. The van der Waals surface area contributed by atoms with Crippen LogP contribution in [0, 0.1) is 0 Å². The molecule has 4 aromatic rings. The topological polar surface area (TPSA) is 78.5 Å². The Morgan fingerprint density at radius 1 is 1.03 bits per heavy atom. The number of fused-ring (bicyclic) bond motifs is 1. The fourth-order valence-electron chi connectivity index (χ4n) is 3.01. The largest absolute Gasteiger partial charge is 0.416 e. The molecule has 0 saturated heterocycles. The molecule has 0 spiro atoms. The van der Waals surface area contributed by atoms with Gasteiger partial charge in [0.1, 0.15) is 0 Å². The third-order valence-corrected chi connectivity index (χ3v) is 4.37. The predicted molar refractivity (Wildman–Crippen MR) is 105 cm³/mol. The third-order valence-electron chi connectivity index (χ3n) is 4.37. The Balaban J connectivity index is 1.40. The van der Waals surface area contributed by atoms with Crippen molar-refractivity contribution >= 4 is 28.4 Å². The maximum absolute atomic E-state index is 12.8. The van der Waals surface area contributed by atoms with Crippen molar-refractivity contribution in [2.45, 2.75) is 12.6 Å². The van der Waals surface area contributed by atoms with Gasteiger partial charge >= 0.3 is 6.18 Å². The van der Waals surface area contributed by atoms with Crippen molar-refractivity contribution in [3.05, 3.63) is 72.1 Å². The van der Waals surface area contributed by atoms with Crippen LogP contribution in [-0.4, -0.2) is 26.7 Å². The molecule has 0 unspecified atom stereocenters. The van der Waals surface area contributed by atoms with Crippen molar-refractivity contribution in [2.75, 3.05) is 17.2 Å². The zero-order valence-corrected chi connectivity index (χ0v) is 15.2. The first-order valence-corrected chi connectivity index (χ1v) is 8.92. The number of H-pyrrole nitrogens is 1. The molecular formula is C20H17F3N6. The molecule has 0 atom stereocenters. The van der Waals surface area contributed by atoms with Crippen LogP contribution in [0.25, 0.3) is 10.9 Å². The first kappa shape index (κ1) is 18.7. The second kappa shape index (κ2) is 7.78. The van der Waals surface area contributed by atoms with Gasteiger partial charge in [0.25, 0.3) is 0 Å². The Hall–Kier alpha value is -3.62. The summed E-state index contributed by atoms with van der Waals surface area (Å²) in [4.78, 5) is 7.48. The zero-order chi connectivity index (χ0) is 20.3. The summed E-state index contributed by atoms with van der Waals surface area (Å²) in [5, 5.41) is 14.8. The van der Waals surface area contributed by atoms with E-state index in [1.165, 1.54) is 23.9 Å². The van der Waals surface area contributed by atoms with Crippen LogP contribution >= 0.6 is 0 Å². The first-order chi connectivity index (χ1) is 14.0. The Morgan fingerprint density at radius 2 is 1.90 bits per heavy atom. The number of benzene rings is 2. The van der Waals surface area contributed by atoms with E-state index in [4.69, 9.17) is 0 Å². The number of halogens is 3. The number of nitrogens with zero attached hydrogens (tertiary/aromatic N) is 3. The van der Waals surface area contributed by atoms with E-state index in [1.807, 2.05) is 24.4 Å². The number of alkyl halides is 3. The highest BCUT2D eigenvalue weighted by atomic mass is 19.4. The van der Waals surface area contributed by atoms with Crippen LogP contribution in [0.3, 0.4) is 0 Å². The number of hydrogen-bond acceptors (Lipinski definition) is 5. The molecule has 29 heavy (non-hydrogen) atoms. The van der Waals surface area contributed by atoms with Crippen LogP contribution in [0.2, 0.25) is 0 Å². The minimum absolute atomic E-state index is 0.269. The molecule has 0 fully saturated rings. The van der Waals surface area contributed by atoms with Gasteiger partial charge in [-0.3, -0.25) is 0 Å². The summed E-state index contributed by atoms with van der Waals surface area (Å²) in [6, 6.07) is 12.9. The van der Waals surface area contributed by atoms with Crippen molar-refractivity contribution in [3.8, 4) is 0 Å². The number of rotatable bonds is 6. The highest BCUT2D eigenvalue weighted by molar-refractivity contribution is 5.83. The van der Waals surface area contributed by atoms with Crippen molar-refractivity contribution in [2.24, 2.45) is 0 Å². The lowest BCUT2D eigenvalue weighted by Crippen LogP contribution is -2.10. The van der Waals surface area contributed by atoms with Crippen LogP contribution in [0.4, 0.5) is 30.6 Å². The van der Waals surface area contributed by atoms with E-state index in [9.17, 15) is 13.2 Å². The van der Waals surface area contributed by atoms with Crippen molar-refractivity contribution in [1.82, 2.24) is 20.2 Å². The van der Waals surface area contributed by atoms with E-state index in [0.29, 0.717) is 18.3 Å². The van der Waals surface area contributed by atoms with Gasteiger partial charge < -0.3 is 15.6 Å². The van der Waals surface area contributed by atoms with Gasteiger partial charge in [0.15, 0.2) is 5.82 Å². The predicted octanol–water partition coefficient (Wildman–Crippen LogP) is 4.77. The fraction of sp³-hybridized carbons (Fsp3) is 0.150. The van der Waals surface area contributed by atoms with Gasteiger partial charge in [-0.2, -0.15) is 23.3 Å². The normalized spacial score (nSPS) is 11.6. The molecule has 6 nitrogen and oxygen atoms in total. The average molecular weight is 398 g/mol. The van der Waals surface area contributed by atoms with Gasteiger partial charge in [-0.25, -0.2) is 0 Å². The number of anilines is 3. The molecule has 3 N–H and O–H groups in total. The highest BCUT2D eigenvalue weighted by Crippen LogP contribution is 2.31. The summed E-state index contributed by atoms with van der Waals surface area (Å²) >= 11 is 0. The van der Waals surface area contributed by atoms with Crippen molar-refractivity contribution in [1.29, 1.82) is 0 Å². The van der Waals surface area contributed by atoms with E-state index in [1.54, 1.807) is 0 Å². The second-order valence-electron chi connectivity index (χ2n) is 6.41. The van der Waals surface area contributed by atoms with Gasteiger partial charge in [-0.15, -0.1) is 5.10 Å². The summed E-state index contributed by atoms with van der Waals surface area (Å²) in [5.41, 5.74) is 1.78. The molecule has 148 valence electrons. The molecule has 0 radical (unpaired) electrons. The van der Waals surface area contributed by atoms with Gasteiger partial charge in [0, 0.05) is 29.3 Å². The molecule has 0 aliphatic carbocycles. The maximum atomic E-state index is 12.8. The van der Waals surface area contributed by atoms with Crippen molar-refractivity contribution < 1.29 is 13.2 Å². The van der Waals surface area contributed by atoms with Crippen LogP contribution in [-0.2, 0) is 12.6 Å². The van der Waals surface area contributed by atoms with E-state index in [0.717, 1.165) is 29.5 Å². The van der Waals surface area contributed by atoms with Crippen LogP contribution in [0.1, 0.15) is 11.1 Å². The minimum atomic E-state index is -4.41. The van der Waals surface area contributed by atoms with Gasteiger partial charge in [0.05, 0.1) is 11.8 Å². The number of nitrogens with one attached hydrogen (secondary N) is 3. The van der Waals surface area contributed by atoms with Crippen LogP contribution in [0.15, 0.2) is 60.9 Å². The molecule has 9 heteroatoms. The third kappa shape index (κ3) is 4.45. The summed E-state index contributed by atoms with van der Waals surface area (Å²) < 4.78 is 38.5. The summed E-state index contributed by atoms with van der Waals surface area (Å²) in [6.45, 7) is 0.580. The summed E-state index contributed by atoms with van der Waals surface area (Å²) in [7, 11) is 0. The summed E-state index contributed by atoms with van der Waals surface area (Å²) in [5.74, 6) is 0.593. The van der Waals surface area contributed by atoms with E-state index in [2.05, 4.69) is 36.9 Å². The van der Waals surface area contributed by atoms with E-state index in [-0.39, 0.29) is 5.69 Å². The molecule has 0 aliphatic rings. The Morgan fingerprint density at radius 3 is 2.76 bits per heavy atom. The number of para-hydroxylation sites is 1. The summed E-state index contributed by atoms with van der Waals surface area (Å²) in [6.07, 6.45) is -0.336. The highest BCUT2D eigenvalue weighted by Gasteiger charge is 2.30. The Labute approximate surface area is 164 Å². The van der Waals surface area contributed by atoms with Crippen LogP contribution in [0.5, 0.6) is 0 Å². The second-order valence-corrected chi connectivity index (χ2v) is 6.41. The molecule has 0 saturated carbocycles. The van der Waals surface area contributed by atoms with Crippen molar-refractivity contribution in [3.63, 3.8) is 0 Å². The van der Waals surface area contributed by atoms with Gasteiger partial charge in [0.2, 0.25) is 5.95 Å². The van der Waals surface area contributed by atoms with Gasteiger partial charge in [-0.05, 0) is 36.2 Å². The lowest BCUT2D eigenvalue weighted by atomic mass is 10.1. The monoisotopic (exact) mass is 398 g/mol. The molecule has 2 heterocycles. The molecule has 2 aromatic heterocycles. The van der Waals surface area contributed by atoms with E-state index >= 15 is 0 Å². The quantitative estimate of drug-likeness (QED) is 0.436. The number of aromatic nitrogens is 4. The zero-order valence-electron chi connectivity index (χ0n) is 15.2. The molecule has 0 aliphatic heterocycles. The average Bonchev–Trinajstić information content (AvgIpc) is 3.11. The van der Waals surface area contributed by atoms with Crippen LogP contribution < -0.4 is 10.6 Å². The lowest BCUT2D eigenvalue weighted by Gasteiger charge is -2.10. The fourth-order valence-corrected chi connectivity index (χ4v) is 3.01. The number of aromatic amines is 1. The Bertz CT molecular complexity index is 1120. The molecule has 0 amide bonds. The Kier molecular flexibility index (Phi) is 5.03. The standard InChI is InChI=1S/C20H17F3N6/c21-20(22,23)14-4-3-5-15(10-14)27-18-12-26-29-19(28-18)24-9-8-13-11-25-17-7-2-1-6-16(13)17/h1-7,10-12,25H,8-9H2,(H2,24,27,28,29). The molecular weight excluding hydrogens is 381 g/mol. The molecule has 4 rings (SSSR count). The molecule has 2 aromatic carbocycles. The minimum Gasteiger partial charge on any atom is -0.361 e. The van der Waals surface area contributed by atoms with Gasteiger partial charge in [-0.1, -0.05) is 24.3 Å². The van der Waals surface area contributed by atoms with E-state index < -0.39 is 11.7 Å².